The molecule has 40 heavy (non-hydrogen) atoms. The Labute approximate surface area is 245 Å². The quantitative estimate of drug-likeness (QED) is 0.313. The van der Waals surface area contributed by atoms with Gasteiger partial charge >= 0.3 is 0 Å². The molecule has 7 nitrogen and oxygen atoms in total. The Morgan fingerprint density at radius 1 is 0.900 bits per heavy atom. The SMILES string of the molecule is CS(=O)(=O)N(CC(=O)N(Cc1ccccc1)[C@@H](Cc1ccccc1)C(=O)NC1CCCCC1)c1cccc(Br)c1. The Morgan fingerprint density at radius 2 is 1.52 bits per heavy atom. The number of sulfonamides is 1. The van der Waals surface area contributed by atoms with Crippen molar-refractivity contribution in [3.63, 3.8) is 0 Å². The van der Waals surface area contributed by atoms with E-state index in [0.29, 0.717) is 16.6 Å². The highest BCUT2D eigenvalue weighted by atomic mass is 79.9. The average molecular weight is 627 g/mol. The van der Waals surface area contributed by atoms with Gasteiger partial charge in [-0.3, -0.25) is 13.9 Å². The predicted octanol–water partition coefficient (Wildman–Crippen LogP) is 5.30. The van der Waals surface area contributed by atoms with Crippen LogP contribution >= 0.6 is 15.9 Å². The Hall–Kier alpha value is -3.17. The predicted molar refractivity (Wildman–Crippen MR) is 162 cm³/mol. The summed E-state index contributed by atoms with van der Waals surface area (Å²) in [4.78, 5) is 29.6. The lowest BCUT2D eigenvalue weighted by atomic mass is 9.94. The van der Waals surface area contributed by atoms with Crippen LogP contribution in [0.3, 0.4) is 0 Å². The van der Waals surface area contributed by atoms with Crippen molar-refractivity contribution in [3.05, 3.63) is 101 Å². The van der Waals surface area contributed by atoms with Crippen molar-refractivity contribution < 1.29 is 18.0 Å². The van der Waals surface area contributed by atoms with Gasteiger partial charge in [0.05, 0.1) is 11.9 Å². The van der Waals surface area contributed by atoms with E-state index in [1.807, 2.05) is 60.7 Å². The van der Waals surface area contributed by atoms with Crippen LogP contribution in [0.5, 0.6) is 0 Å². The second kappa shape index (κ2) is 13.9. The molecule has 4 rings (SSSR count). The summed E-state index contributed by atoms with van der Waals surface area (Å²) >= 11 is 3.39. The molecule has 1 atom stereocenters. The minimum absolute atomic E-state index is 0.0717. The van der Waals surface area contributed by atoms with Crippen molar-refractivity contribution in [1.82, 2.24) is 10.2 Å². The van der Waals surface area contributed by atoms with Crippen LogP contribution in [0.15, 0.2) is 89.4 Å². The lowest BCUT2D eigenvalue weighted by Crippen LogP contribution is -2.55. The van der Waals surface area contributed by atoms with Gasteiger partial charge in [0.25, 0.3) is 0 Å². The van der Waals surface area contributed by atoms with E-state index >= 15 is 0 Å². The highest BCUT2D eigenvalue weighted by Gasteiger charge is 2.34. The van der Waals surface area contributed by atoms with Gasteiger partial charge in [0, 0.05) is 23.5 Å². The normalized spacial score (nSPS) is 14.8. The summed E-state index contributed by atoms with van der Waals surface area (Å²) < 4.78 is 27.5. The number of nitrogens with zero attached hydrogens (tertiary/aromatic N) is 2. The molecule has 0 bridgehead atoms. The Kier molecular flexibility index (Phi) is 10.4. The van der Waals surface area contributed by atoms with Crippen LogP contribution in [0.25, 0.3) is 0 Å². The maximum atomic E-state index is 14.1. The fourth-order valence-electron chi connectivity index (χ4n) is 5.12. The topological polar surface area (TPSA) is 86.8 Å². The van der Waals surface area contributed by atoms with Crippen LogP contribution < -0.4 is 9.62 Å². The molecule has 1 N–H and O–H groups in total. The molecular weight excluding hydrogens is 590 g/mol. The number of benzene rings is 3. The van der Waals surface area contributed by atoms with Crippen molar-refractivity contribution in [2.75, 3.05) is 17.1 Å². The molecule has 0 aliphatic heterocycles. The number of amides is 2. The first-order chi connectivity index (χ1) is 19.2. The summed E-state index contributed by atoms with van der Waals surface area (Å²) in [5.74, 6) is -0.664. The van der Waals surface area contributed by atoms with E-state index in [0.717, 1.165) is 53.8 Å². The lowest BCUT2D eigenvalue weighted by Gasteiger charge is -2.35. The lowest BCUT2D eigenvalue weighted by molar-refractivity contribution is -0.140. The third-order valence-electron chi connectivity index (χ3n) is 7.19. The van der Waals surface area contributed by atoms with Gasteiger partial charge in [0.1, 0.15) is 12.6 Å². The van der Waals surface area contributed by atoms with Crippen LogP contribution in [0.1, 0.15) is 43.2 Å². The number of carbonyl (C=O) groups excluding carboxylic acids is 2. The van der Waals surface area contributed by atoms with Crippen LogP contribution in [-0.2, 0) is 32.6 Å². The molecule has 0 unspecified atom stereocenters. The summed E-state index contributed by atoms with van der Waals surface area (Å²) in [5, 5.41) is 3.21. The molecule has 2 amide bonds. The molecule has 212 valence electrons. The number of anilines is 1. The fraction of sp³-hybridized carbons (Fsp3) is 0.355. The molecule has 1 aliphatic rings. The van der Waals surface area contributed by atoms with Crippen LogP contribution in [0, 0.1) is 0 Å². The van der Waals surface area contributed by atoms with Gasteiger partial charge in [-0.25, -0.2) is 8.42 Å². The number of rotatable bonds is 11. The Balaban J connectivity index is 1.70. The van der Waals surface area contributed by atoms with Crippen LogP contribution in [0.4, 0.5) is 5.69 Å². The molecule has 3 aromatic rings. The third kappa shape index (κ3) is 8.41. The summed E-state index contributed by atoms with van der Waals surface area (Å²) in [5.41, 5.74) is 2.15. The molecule has 0 heterocycles. The van der Waals surface area contributed by atoms with Gasteiger partial charge in [-0.05, 0) is 42.2 Å². The van der Waals surface area contributed by atoms with Gasteiger partial charge < -0.3 is 10.2 Å². The number of hydrogen-bond acceptors (Lipinski definition) is 4. The first kappa shape index (κ1) is 29.8. The highest BCUT2D eigenvalue weighted by molar-refractivity contribution is 9.10. The second-order valence-electron chi connectivity index (χ2n) is 10.3. The molecule has 1 saturated carbocycles. The van der Waals surface area contributed by atoms with E-state index in [2.05, 4.69) is 21.2 Å². The first-order valence-corrected chi connectivity index (χ1v) is 16.3. The molecule has 0 aromatic heterocycles. The maximum Gasteiger partial charge on any atom is 0.244 e. The van der Waals surface area contributed by atoms with E-state index in [1.165, 1.54) is 4.90 Å². The number of nitrogens with one attached hydrogen (secondary N) is 1. The zero-order valence-electron chi connectivity index (χ0n) is 22.7. The van der Waals surface area contributed by atoms with Gasteiger partial charge in [-0.15, -0.1) is 0 Å². The largest absolute Gasteiger partial charge is 0.352 e. The monoisotopic (exact) mass is 625 g/mol. The second-order valence-corrected chi connectivity index (χ2v) is 13.1. The smallest absolute Gasteiger partial charge is 0.244 e. The Morgan fingerprint density at radius 3 is 2.12 bits per heavy atom. The summed E-state index contributed by atoms with van der Waals surface area (Å²) in [6.07, 6.45) is 6.53. The summed E-state index contributed by atoms with van der Waals surface area (Å²) in [7, 11) is -3.80. The molecule has 1 fully saturated rings. The van der Waals surface area contributed by atoms with Gasteiger partial charge in [0.15, 0.2) is 0 Å². The summed E-state index contributed by atoms with van der Waals surface area (Å²) in [6, 6.07) is 25.2. The van der Waals surface area contributed by atoms with Crippen molar-refractivity contribution in [2.45, 2.75) is 57.2 Å². The molecule has 1 aliphatic carbocycles. The Bertz CT molecular complexity index is 1380. The number of hydrogen-bond donors (Lipinski definition) is 1. The molecular formula is C31H36BrN3O4S. The zero-order chi connectivity index (χ0) is 28.5. The van der Waals surface area contributed by atoms with E-state index < -0.39 is 28.5 Å². The summed E-state index contributed by atoms with van der Waals surface area (Å²) in [6.45, 7) is -0.254. The molecule has 0 radical (unpaired) electrons. The third-order valence-corrected chi connectivity index (χ3v) is 8.83. The van der Waals surface area contributed by atoms with Crippen LogP contribution in [-0.4, -0.2) is 50.0 Å². The van der Waals surface area contributed by atoms with Crippen molar-refractivity contribution >= 4 is 43.5 Å². The van der Waals surface area contributed by atoms with Gasteiger partial charge in [-0.2, -0.15) is 0 Å². The van der Waals surface area contributed by atoms with E-state index in [4.69, 9.17) is 0 Å². The minimum atomic E-state index is -3.80. The van der Waals surface area contributed by atoms with E-state index in [1.54, 1.807) is 24.3 Å². The molecule has 0 saturated heterocycles. The van der Waals surface area contributed by atoms with Crippen molar-refractivity contribution in [2.24, 2.45) is 0 Å². The molecule has 0 spiro atoms. The first-order valence-electron chi connectivity index (χ1n) is 13.6. The van der Waals surface area contributed by atoms with Crippen LogP contribution in [0.2, 0.25) is 0 Å². The number of carbonyl (C=O) groups is 2. The van der Waals surface area contributed by atoms with Crippen molar-refractivity contribution in [3.8, 4) is 0 Å². The maximum absolute atomic E-state index is 14.1. The van der Waals surface area contributed by atoms with E-state index in [9.17, 15) is 18.0 Å². The van der Waals surface area contributed by atoms with Gasteiger partial charge in [0.2, 0.25) is 21.8 Å². The minimum Gasteiger partial charge on any atom is -0.352 e. The van der Waals surface area contributed by atoms with E-state index in [-0.39, 0.29) is 18.5 Å². The number of halogens is 1. The molecule has 9 heteroatoms. The fourth-order valence-corrected chi connectivity index (χ4v) is 6.35. The average Bonchev–Trinajstić information content (AvgIpc) is 2.94. The highest BCUT2D eigenvalue weighted by Crippen LogP contribution is 2.24. The van der Waals surface area contributed by atoms with Crippen molar-refractivity contribution in [1.29, 1.82) is 0 Å². The standard InChI is InChI=1S/C31H36BrN3O4S/c1-40(38,39)35(28-19-11-16-26(32)21-28)23-30(36)34(22-25-14-7-3-8-15-25)29(20-24-12-5-2-6-13-24)31(37)33-27-17-9-4-10-18-27/h2-3,5-8,11-16,19,21,27,29H,4,9-10,17-18,20,22-23H2,1H3,(H,33,37)/t29-/m0/s1. The van der Waals surface area contributed by atoms with Gasteiger partial charge in [-0.1, -0.05) is 102 Å². The molecule has 3 aromatic carbocycles. The zero-order valence-corrected chi connectivity index (χ0v) is 25.1.